The van der Waals surface area contributed by atoms with E-state index in [1.54, 1.807) is 0 Å². The fraction of sp³-hybridized carbons (Fsp3) is 0.625. The van der Waals surface area contributed by atoms with Crippen LogP contribution in [-0.4, -0.2) is 31.1 Å². The molecule has 1 aromatic carbocycles. The van der Waals surface area contributed by atoms with E-state index in [0.29, 0.717) is 19.5 Å². The van der Waals surface area contributed by atoms with Crippen LogP contribution in [0.15, 0.2) is 18.2 Å². The lowest BCUT2D eigenvalue weighted by molar-refractivity contribution is -0.139. The number of benzene rings is 1. The van der Waals surface area contributed by atoms with Gasteiger partial charge in [0.25, 0.3) is 0 Å². The van der Waals surface area contributed by atoms with Crippen LogP contribution in [0.25, 0.3) is 0 Å². The van der Waals surface area contributed by atoms with Crippen LogP contribution < -0.4 is 5.32 Å². The Morgan fingerprint density at radius 2 is 1.82 bits per heavy atom. The van der Waals surface area contributed by atoms with E-state index in [9.17, 15) is 17.6 Å². The molecule has 0 saturated carbocycles. The second-order valence-electron chi connectivity index (χ2n) is 6.16. The van der Waals surface area contributed by atoms with Crippen molar-refractivity contribution in [2.24, 2.45) is 5.92 Å². The summed E-state index contributed by atoms with van der Waals surface area (Å²) < 4.78 is 53.5. The fourth-order valence-corrected chi connectivity index (χ4v) is 2.98. The lowest BCUT2D eigenvalue weighted by Gasteiger charge is -2.37. The highest BCUT2D eigenvalue weighted by molar-refractivity contribution is 5.33. The first-order chi connectivity index (χ1) is 10.3. The van der Waals surface area contributed by atoms with E-state index in [0.717, 1.165) is 31.3 Å². The number of hydrogen-bond acceptors (Lipinski definition) is 2. The number of nitrogens with zero attached hydrogens (tertiary/aromatic N) is 1. The highest BCUT2D eigenvalue weighted by Crippen LogP contribution is 2.39. The predicted molar refractivity (Wildman–Crippen MR) is 78.0 cm³/mol. The standard InChI is InChI=1S/C16H22F4N2/c1-11(2)9-15(22-7-5-21-6-8-22)13-10-12(17)3-4-14(13)16(18,19)20/h3-4,10-11,15,21H,5-9H2,1-2H3/t15-/m0/s1. The van der Waals surface area contributed by atoms with Gasteiger partial charge in [-0.25, -0.2) is 4.39 Å². The average molecular weight is 318 g/mol. The number of hydrogen-bond donors (Lipinski definition) is 1. The molecule has 1 atom stereocenters. The van der Waals surface area contributed by atoms with Crippen LogP contribution in [-0.2, 0) is 6.18 Å². The normalized spacial score (nSPS) is 18.7. The van der Waals surface area contributed by atoms with Gasteiger partial charge in [0.05, 0.1) is 5.56 Å². The lowest BCUT2D eigenvalue weighted by atomic mass is 9.91. The van der Waals surface area contributed by atoms with Crippen molar-refractivity contribution in [1.29, 1.82) is 0 Å². The maximum Gasteiger partial charge on any atom is 0.416 e. The molecule has 0 aromatic heterocycles. The van der Waals surface area contributed by atoms with Crippen LogP contribution in [0.5, 0.6) is 0 Å². The third kappa shape index (κ3) is 4.20. The third-order valence-corrected chi connectivity index (χ3v) is 3.97. The van der Waals surface area contributed by atoms with Gasteiger partial charge in [-0.1, -0.05) is 13.8 Å². The average Bonchev–Trinajstić information content (AvgIpc) is 2.44. The van der Waals surface area contributed by atoms with E-state index in [-0.39, 0.29) is 11.5 Å². The van der Waals surface area contributed by atoms with Gasteiger partial charge in [0, 0.05) is 32.2 Å². The van der Waals surface area contributed by atoms with Gasteiger partial charge in [-0.2, -0.15) is 13.2 Å². The van der Waals surface area contributed by atoms with Gasteiger partial charge in [-0.3, -0.25) is 4.90 Å². The SMILES string of the molecule is CC(C)C[C@@H](c1cc(F)ccc1C(F)(F)F)N1CCNCC1. The summed E-state index contributed by atoms with van der Waals surface area (Å²) in [5, 5.41) is 3.19. The molecule has 0 amide bonds. The van der Waals surface area contributed by atoms with E-state index < -0.39 is 23.6 Å². The molecule has 0 unspecified atom stereocenters. The minimum Gasteiger partial charge on any atom is -0.314 e. The van der Waals surface area contributed by atoms with Crippen molar-refractivity contribution in [1.82, 2.24) is 10.2 Å². The van der Waals surface area contributed by atoms with Gasteiger partial charge in [0.2, 0.25) is 0 Å². The quantitative estimate of drug-likeness (QED) is 0.849. The van der Waals surface area contributed by atoms with Crippen molar-refractivity contribution in [3.8, 4) is 0 Å². The molecule has 0 spiro atoms. The summed E-state index contributed by atoms with van der Waals surface area (Å²) in [4.78, 5) is 2.03. The highest BCUT2D eigenvalue weighted by Gasteiger charge is 2.37. The van der Waals surface area contributed by atoms with Crippen molar-refractivity contribution in [2.75, 3.05) is 26.2 Å². The molecular formula is C16H22F4N2. The van der Waals surface area contributed by atoms with Gasteiger partial charge in [-0.05, 0) is 36.1 Å². The minimum atomic E-state index is -4.47. The third-order valence-electron chi connectivity index (χ3n) is 3.97. The number of rotatable bonds is 4. The lowest BCUT2D eigenvalue weighted by Crippen LogP contribution is -2.45. The van der Waals surface area contributed by atoms with E-state index >= 15 is 0 Å². The molecule has 0 bridgehead atoms. The van der Waals surface area contributed by atoms with Crippen LogP contribution in [0.4, 0.5) is 17.6 Å². The smallest absolute Gasteiger partial charge is 0.314 e. The Hall–Kier alpha value is -1.14. The van der Waals surface area contributed by atoms with E-state index in [1.165, 1.54) is 0 Å². The summed E-state index contributed by atoms with van der Waals surface area (Å²) >= 11 is 0. The summed E-state index contributed by atoms with van der Waals surface area (Å²) in [7, 11) is 0. The summed E-state index contributed by atoms with van der Waals surface area (Å²) in [5.41, 5.74) is -0.666. The molecule has 2 rings (SSSR count). The molecule has 1 heterocycles. The molecule has 0 radical (unpaired) electrons. The van der Waals surface area contributed by atoms with E-state index in [1.807, 2.05) is 18.7 Å². The Balaban J connectivity index is 2.43. The van der Waals surface area contributed by atoms with Crippen LogP contribution in [0.2, 0.25) is 0 Å². The van der Waals surface area contributed by atoms with Crippen molar-refractivity contribution in [2.45, 2.75) is 32.5 Å². The first-order valence-electron chi connectivity index (χ1n) is 7.60. The van der Waals surface area contributed by atoms with Crippen molar-refractivity contribution in [3.05, 3.63) is 35.1 Å². The van der Waals surface area contributed by atoms with Crippen LogP contribution in [0.1, 0.15) is 37.4 Å². The molecule has 124 valence electrons. The van der Waals surface area contributed by atoms with Crippen LogP contribution in [0.3, 0.4) is 0 Å². The second kappa shape index (κ2) is 6.96. The number of alkyl halides is 3. The predicted octanol–water partition coefficient (Wildman–Crippen LogP) is 3.84. The van der Waals surface area contributed by atoms with Crippen molar-refractivity contribution < 1.29 is 17.6 Å². The van der Waals surface area contributed by atoms with Crippen LogP contribution in [0, 0.1) is 11.7 Å². The van der Waals surface area contributed by atoms with Gasteiger partial charge in [-0.15, -0.1) is 0 Å². The highest BCUT2D eigenvalue weighted by atomic mass is 19.4. The number of halogens is 4. The molecule has 2 nitrogen and oxygen atoms in total. The molecule has 6 heteroatoms. The maximum atomic E-state index is 13.6. The molecule has 1 fully saturated rings. The summed E-state index contributed by atoms with van der Waals surface area (Å²) in [6.45, 7) is 6.77. The Morgan fingerprint density at radius 1 is 1.18 bits per heavy atom. The zero-order valence-electron chi connectivity index (χ0n) is 12.9. The van der Waals surface area contributed by atoms with Gasteiger partial charge in [0.15, 0.2) is 0 Å². The molecule has 1 aliphatic rings. The molecule has 1 aliphatic heterocycles. The number of nitrogens with one attached hydrogen (secondary N) is 1. The molecule has 22 heavy (non-hydrogen) atoms. The zero-order chi connectivity index (χ0) is 16.3. The molecule has 1 saturated heterocycles. The van der Waals surface area contributed by atoms with Crippen molar-refractivity contribution in [3.63, 3.8) is 0 Å². The number of piperazine rings is 1. The molecule has 1 N–H and O–H groups in total. The topological polar surface area (TPSA) is 15.3 Å². The van der Waals surface area contributed by atoms with Crippen molar-refractivity contribution >= 4 is 0 Å². The Bertz CT molecular complexity index is 493. The molecule has 1 aromatic rings. The Morgan fingerprint density at radius 3 is 2.36 bits per heavy atom. The van der Waals surface area contributed by atoms with Gasteiger partial charge >= 0.3 is 6.18 Å². The van der Waals surface area contributed by atoms with Gasteiger partial charge < -0.3 is 5.32 Å². The maximum absolute atomic E-state index is 13.6. The van der Waals surface area contributed by atoms with Crippen LogP contribution >= 0.6 is 0 Å². The molecular weight excluding hydrogens is 296 g/mol. The summed E-state index contributed by atoms with van der Waals surface area (Å²) in [6.07, 6.45) is -3.89. The fourth-order valence-electron chi connectivity index (χ4n) is 2.98. The van der Waals surface area contributed by atoms with E-state index in [2.05, 4.69) is 5.32 Å². The zero-order valence-corrected chi connectivity index (χ0v) is 12.9. The minimum absolute atomic E-state index is 0.0584. The first kappa shape index (κ1) is 17.2. The Kier molecular flexibility index (Phi) is 5.45. The summed E-state index contributed by atoms with van der Waals surface area (Å²) in [6, 6.07) is 2.39. The van der Waals surface area contributed by atoms with E-state index in [4.69, 9.17) is 0 Å². The Labute approximate surface area is 128 Å². The summed E-state index contributed by atoms with van der Waals surface area (Å²) in [5.74, 6) is -0.392. The second-order valence-corrected chi connectivity index (χ2v) is 6.16. The largest absolute Gasteiger partial charge is 0.416 e. The monoisotopic (exact) mass is 318 g/mol. The first-order valence-corrected chi connectivity index (χ1v) is 7.60. The molecule has 0 aliphatic carbocycles. The van der Waals surface area contributed by atoms with Gasteiger partial charge in [0.1, 0.15) is 5.82 Å².